The second-order valence-electron chi connectivity index (χ2n) is 5.21. The smallest absolute Gasteiger partial charge is 0.250 e. The van der Waals surface area contributed by atoms with Crippen LogP contribution in [0.15, 0.2) is 30.3 Å². The van der Waals surface area contributed by atoms with Crippen molar-refractivity contribution < 1.29 is 0 Å². The molecule has 4 rings (SSSR count). The Balaban J connectivity index is 1.73. The van der Waals surface area contributed by atoms with Crippen molar-refractivity contribution in [2.75, 3.05) is 11.4 Å². The number of tetrazole rings is 1. The Hall–Kier alpha value is -1.91. The highest BCUT2D eigenvalue weighted by Gasteiger charge is 2.40. The van der Waals surface area contributed by atoms with Crippen molar-refractivity contribution in [2.24, 2.45) is 5.92 Å². The van der Waals surface area contributed by atoms with Crippen LogP contribution < -0.4 is 4.90 Å². The van der Waals surface area contributed by atoms with Crippen LogP contribution in [0.1, 0.15) is 19.3 Å². The molecular formula is C13H15N5. The van der Waals surface area contributed by atoms with Gasteiger partial charge in [-0.1, -0.05) is 23.3 Å². The summed E-state index contributed by atoms with van der Waals surface area (Å²) >= 11 is 0. The molecular weight excluding hydrogens is 226 g/mol. The number of benzene rings is 1. The summed E-state index contributed by atoms with van der Waals surface area (Å²) in [4.78, 5) is 2.38. The molecule has 2 atom stereocenters. The van der Waals surface area contributed by atoms with E-state index in [2.05, 4.69) is 20.4 Å². The van der Waals surface area contributed by atoms with Crippen molar-refractivity contribution in [3.8, 4) is 5.69 Å². The van der Waals surface area contributed by atoms with E-state index in [1.54, 1.807) is 0 Å². The third-order valence-electron chi connectivity index (χ3n) is 4.12. The molecule has 2 unspecified atom stereocenters. The van der Waals surface area contributed by atoms with E-state index in [4.69, 9.17) is 0 Å². The Morgan fingerprint density at radius 1 is 1.11 bits per heavy atom. The second kappa shape index (κ2) is 3.80. The zero-order valence-electron chi connectivity index (χ0n) is 10.1. The highest BCUT2D eigenvalue weighted by molar-refractivity contribution is 5.43. The molecule has 1 saturated carbocycles. The molecule has 5 nitrogen and oxygen atoms in total. The number of nitrogens with zero attached hydrogens (tertiary/aromatic N) is 5. The van der Waals surface area contributed by atoms with Gasteiger partial charge in [-0.25, -0.2) is 0 Å². The van der Waals surface area contributed by atoms with E-state index < -0.39 is 0 Å². The Morgan fingerprint density at radius 2 is 2.00 bits per heavy atom. The number of aromatic nitrogens is 4. The van der Waals surface area contributed by atoms with Gasteiger partial charge in [0.2, 0.25) is 0 Å². The first-order valence-electron chi connectivity index (χ1n) is 6.52. The largest absolute Gasteiger partial charge is 0.336 e. The van der Waals surface area contributed by atoms with Crippen molar-refractivity contribution in [2.45, 2.75) is 25.3 Å². The molecule has 0 N–H and O–H groups in total. The molecule has 1 aromatic heterocycles. The van der Waals surface area contributed by atoms with Gasteiger partial charge in [-0.15, -0.1) is 0 Å². The Morgan fingerprint density at radius 3 is 2.72 bits per heavy atom. The van der Waals surface area contributed by atoms with Crippen molar-refractivity contribution in [1.82, 2.24) is 20.2 Å². The number of hydrogen-bond acceptors (Lipinski definition) is 4. The fraction of sp³-hybridized carbons (Fsp3) is 0.462. The minimum absolute atomic E-state index is 0.642. The summed E-state index contributed by atoms with van der Waals surface area (Å²) in [6.45, 7) is 1.11. The molecule has 1 aromatic carbocycles. The first-order chi connectivity index (χ1) is 8.92. The normalized spacial score (nSPS) is 25.9. The van der Waals surface area contributed by atoms with Gasteiger partial charge in [0.15, 0.2) is 0 Å². The lowest BCUT2D eigenvalue weighted by molar-refractivity contribution is 0.543. The van der Waals surface area contributed by atoms with Crippen LogP contribution in [-0.4, -0.2) is 32.8 Å². The van der Waals surface area contributed by atoms with Crippen LogP contribution in [0.5, 0.6) is 0 Å². The zero-order valence-corrected chi connectivity index (χ0v) is 10.1. The lowest BCUT2D eigenvalue weighted by Crippen LogP contribution is -2.34. The maximum absolute atomic E-state index is 4.22. The number of hydrogen-bond donors (Lipinski definition) is 0. The van der Waals surface area contributed by atoms with Crippen LogP contribution in [0.3, 0.4) is 0 Å². The molecule has 2 bridgehead atoms. The van der Waals surface area contributed by atoms with Gasteiger partial charge in [0.25, 0.3) is 5.95 Å². The highest BCUT2D eigenvalue weighted by Crippen LogP contribution is 2.39. The van der Waals surface area contributed by atoms with Gasteiger partial charge in [0.05, 0.1) is 5.69 Å². The molecule has 0 amide bonds. The molecule has 92 valence electrons. The predicted octanol–water partition coefficient (Wildman–Crippen LogP) is 1.65. The zero-order chi connectivity index (χ0) is 11.9. The highest BCUT2D eigenvalue weighted by atomic mass is 15.6. The molecule has 2 aliphatic rings. The molecule has 1 aliphatic carbocycles. The van der Waals surface area contributed by atoms with Gasteiger partial charge < -0.3 is 4.90 Å². The SMILES string of the molecule is c1ccc(-n2nnnc2N2CC3CCC2C3)cc1. The quantitative estimate of drug-likeness (QED) is 0.802. The van der Waals surface area contributed by atoms with Crippen LogP contribution in [-0.2, 0) is 0 Å². The minimum Gasteiger partial charge on any atom is -0.336 e. The predicted molar refractivity (Wildman–Crippen MR) is 67.6 cm³/mol. The Kier molecular flexibility index (Phi) is 2.12. The topological polar surface area (TPSA) is 46.8 Å². The lowest BCUT2D eigenvalue weighted by Gasteiger charge is -2.27. The molecule has 1 aliphatic heterocycles. The molecule has 5 heteroatoms. The summed E-state index contributed by atoms with van der Waals surface area (Å²) in [5.41, 5.74) is 1.03. The number of fused-ring (bicyclic) bond motifs is 2. The third kappa shape index (κ3) is 1.43. The van der Waals surface area contributed by atoms with E-state index in [9.17, 15) is 0 Å². The first kappa shape index (κ1) is 10.1. The van der Waals surface area contributed by atoms with E-state index in [1.165, 1.54) is 19.3 Å². The van der Waals surface area contributed by atoms with Crippen LogP contribution in [0.2, 0.25) is 0 Å². The van der Waals surface area contributed by atoms with Crippen molar-refractivity contribution >= 4 is 5.95 Å². The molecule has 2 aromatic rings. The van der Waals surface area contributed by atoms with E-state index in [0.717, 1.165) is 24.1 Å². The lowest BCUT2D eigenvalue weighted by atomic mass is 10.1. The Bertz CT molecular complexity index is 550. The van der Waals surface area contributed by atoms with E-state index >= 15 is 0 Å². The fourth-order valence-electron chi connectivity index (χ4n) is 3.27. The molecule has 0 radical (unpaired) electrons. The minimum atomic E-state index is 0.642. The van der Waals surface area contributed by atoms with Crippen molar-refractivity contribution in [3.63, 3.8) is 0 Å². The first-order valence-corrected chi connectivity index (χ1v) is 6.52. The standard InChI is InChI=1S/C13H15N5/c1-2-4-11(5-3-1)18-13(14-15-16-18)17-9-10-6-7-12(17)8-10/h1-5,10,12H,6-9H2. The van der Waals surface area contributed by atoms with Crippen LogP contribution in [0.4, 0.5) is 5.95 Å². The van der Waals surface area contributed by atoms with Crippen molar-refractivity contribution in [1.29, 1.82) is 0 Å². The third-order valence-corrected chi connectivity index (χ3v) is 4.12. The van der Waals surface area contributed by atoms with Gasteiger partial charge in [0, 0.05) is 12.6 Å². The van der Waals surface area contributed by atoms with Gasteiger partial charge in [-0.3, -0.25) is 0 Å². The van der Waals surface area contributed by atoms with E-state index in [1.807, 2.05) is 35.0 Å². The average molecular weight is 241 g/mol. The van der Waals surface area contributed by atoms with E-state index in [-0.39, 0.29) is 0 Å². The van der Waals surface area contributed by atoms with Crippen LogP contribution >= 0.6 is 0 Å². The molecule has 0 spiro atoms. The number of para-hydroxylation sites is 1. The summed E-state index contributed by atoms with van der Waals surface area (Å²) in [7, 11) is 0. The number of piperidine rings is 1. The van der Waals surface area contributed by atoms with Crippen molar-refractivity contribution in [3.05, 3.63) is 30.3 Å². The maximum Gasteiger partial charge on any atom is 0.250 e. The van der Waals surface area contributed by atoms with Crippen LogP contribution in [0.25, 0.3) is 5.69 Å². The van der Waals surface area contributed by atoms with Gasteiger partial charge >= 0.3 is 0 Å². The monoisotopic (exact) mass is 241 g/mol. The van der Waals surface area contributed by atoms with Gasteiger partial charge in [-0.2, -0.15) is 4.68 Å². The number of anilines is 1. The number of rotatable bonds is 2. The molecule has 2 heterocycles. The summed E-state index contributed by atoms with van der Waals surface area (Å²) in [5.74, 6) is 1.74. The molecule has 18 heavy (non-hydrogen) atoms. The summed E-state index contributed by atoms with van der Waals surface area (Å²) < 4.78 is 1.85. The summed E-state index contributed by atoms with van der Waals surface area (Å²) in [5, 5.41) is 12.2. The summed E-state index contributed by atoms with van der Waals surface area (Å²) in [6, 6.07) is 10.7. The average Bonchev–Trinajstić information content (AvgIpc) is 3.15. The summed E-state index contributed by atoms with van der Waals surface area (Å²) in [6.07, 6.45) is 3.96. The van der Waals surface area contributed by atoms with Gasteiger partial charge in [0.1, 0.15) is 0 Å². The van der Waals surface area contributed by atoms with Crippen LogP contribution in [0, 0.1) is 5.92 Å². The maximum atomic E-state index is 4.22. The fourth-order valence-corrected chi connectivity index (χ4v) is 3.27. The van der Waals surface area contributed by atoms with E-state index in [0.29, 0.717) is 6.04 Å². The molecule has 2 fully saturated rings. The van der Waals surface area contributed by atoms with Gasteiger partial charge in [-0.05, 0) is 47.7 Å². The second-order valence-corrected chi connectivity index (χ2v) is 5.21. The Labute approximate surface area is 105 Å². The molecule has 1 saturated heterocycles.